The molecule has 2 saturated carbocycles. The fourth-order valence-corrected chi connectivity index (χ4v) is 6.18. The Hall–Kier alpha value is -1.02. The van der Waals surface area contributed by atoms with Crippen molar-refractivity contribution >= 4 is 0 Å². The van der Waals surface area contributed by atoms with Crippen molar-refractivity contribution in [2.24, 2.45) is 22.7 Å². The SMILES string of the molecule is Cc1ccc(O)c(C[C@@H]2[C@@]3(C)CCCC(C)(C)[C@@H]3CC[C@@]2(C)O)c1. The lowest BCUT2D eigenvalue weighted by atomic mass is 9.45. The predicted molar refractivity (Wildman–Crippen MR) is 99.1 cm³/mol. The molecule has 0 spiro atoms. The zero-order valence-electron chi connectivity index (χ0n) is 16.0. The molecule has 2 aliphatic rings. The maximum absolute atomic E-state index is 11.2. The van der Waals surface area contributed by atoms with E-state index in [-0.39, 0.29) is 11.3 Å². The van der Waals surface area contributed by atoms with Crippen LogP contribution in [0.5, 0.6) is 5.75 Å². The Bertz CT molecular complexity index is 616. The van der Waals surface area contributed by atoms with E-state index in [1.54, 1.807) is 6.07 Å². The molecule has 1 aromatic carbocycles. The van der Waals surface area contributed by atoms with Crippen LogP contribution in [-0.4, -0.2) is 15.8 Å². The first-order chi connectivity index (χ1) is 11.1. The van der Waals surface area contributed by atoms with Crippen LogP contribution in [0.1, 0.15) is 70.9 Å². The highest BCUT2D eigenvalue weighted by molar-refractivity contribution is 5.36. The van der Waals surface area contributed by atoms with Crippen LogP contribution in [0.15, 0.2) is 18.2 Å². The molecule has 0 heterocycles. The number of hydrogen-bond donors (Lipinski definition) is 2. The van der Waals surface area contributed by atoms with Gasteiger partial charge in [-0.25, -0.2) is 0 Å². The molecule has 24 heavy (non-hydrogen) atoms. The summed E-state index contributed by atoms with van der Waals surface area (Å²) < 4.78 is 0. The molecule has 0 radical (unpaired) electrons. The fourth-order valence-electron chi connectivity index (χ4n) is 6.18. The van der Waals surface area contributed by atoms with Gasteiger partial charge in [0, 0.05) is 0 Å². The summed E-state index contributed by atoms with van der Waals surface area (Å²) in [5.41, 5.74) is 1.99. The zero-order chi connectivity index (χ0) is 17.8. The highest BCUT2D eigenvalue weighted by atomic mass is 16.3. The molecule has 2 nitrogen and oxygen atoms in total. The van der Waals surface area contributed by atoms with E-state index in [4.69, 9.17) is 0 Å². The molecule has 134 valence electrons. The Labute approximate surface area is 147 Å². The monoisotopic (exact) mass is 330 g/mol. The number of phenols is 1. The first-order valence-corrected chi connectivity index (χ1v) is 9.57. The normalized spacial score (nSPS) is 38.6. The van der Waals surface area contributed by atoms with Gasteiger partial charge in [0.1, 0.15) is 5.75 Å². The fraction of sp³-hybridized carbons (Fsp3) is 0.727. The van der Waals surface area contributed by atoms with E-state index in [9.17, 15) is 10.2 Å². The van der Waals surface area contributed by atoms with Gasteiger partial charge in [-0.1, -0.05) is 44.9 Å². The minimum absolute atomic E-state index is 0.139. The van der Waals surface area contributed by atoms with Gasteiger partial charge in [0.25, 0.3) is 0 Å². The van der Waals surface area contributed by atoms with Crippen molar-refractivity contribution in [3.8, 4) is 5.75 Å². The summed E-state index contributed by atoms with van der Waals surface area (Å²) in [6.07, 6.45) is 6.48. The smallest absolute Gasteiger partial charge is 0.118 e. The number of aliphatic hydroxyl groups is 1. The molecule has 2 heteroatoms. The van der Waals surface area contributed by atoms with Crippen LogP contribution >= 0.6 is 0 Å². The van der Waals surface area contributed by atoms with Gasteiger partial charge in [0.05, 0.1) is 5.60 Å². The molecule has 4 atom stereocenters. The van der Waals surface area contributed by atoms with Gasteiger partial charge in [-0.05, 0) is 80.2 Å². The lowest BCUT2D eigenvalue weighted by Gasteiger charge is -2.61. The van der Waals surface area contributed by atoms with Crippen LogP contribution in [0.2, 0.25) is 0 Å². The summed E-state index contributed by atoms with van der Waals surface area (Å²) in [5, 5.41) is 21.6. The molecule has 0 saturated heterocycles. The van der Waals surface area contributed by atoms with E-state index in [1.807, 2.05) is 13.0 Å². The molecule has 0 aliphatic heterocycles. The van der Waals surface area contributed by atoms with Crippen molar-refractivity contribution in [3.05, 3.63) is 29.3 Å². The standard InChI is InChI=1S/C22H34O2/c1-15-7-8-17(23)16(13-15)14-19-21(4)11-6-10-20(2,3)18(21)9-12-22(19,5)24/h7-8,13,18-19,23-24H,6,9-12,14H2,1-5H3/t18-,19+,21-,22+/m0/s1. The molecule has 0 aromatic heterocycles. The average molecular weight is 331 g/mol. The van der Waals surface area contributed by atoms with E-state index < -0.39 is 5.60 Å². The third kappa shape index (κ3) is 2.87. The third-order valence-electron chi connectivity index (χ3n) is 7.42. The summed E-state index contributed by atoms with van der Waals surface area (Å²) in [7, 11) is 0. The van der Waals surface area contributed by atoms with Crippen molar-refractivity contribution in [2.45, 2.75) is 78.7 Å². The molecule has 0 unspecified atom stereocenters. The first kappa shape index (κ1) is 17.8. The number of rotatable bonds is 2. The summed E-state index contributed by atoms with van der Waals surface area (Å²) in [4.78, 5) is 0. The van der Waals surface area contributed by atoms with Gasteiger partial charge in [-0.3, -0.25) is 0 Å². The molecule has 0 amide bonds. The second kappa shape index (κ2) is 5.76. The number of benzene rings is 1. The molecular formula is C22H34O2. The summed E-state index contributed by atoms with van der Waals surface area (Å²) in [5.74, 6) is 1.21. The van der Waals surface area contributed by atoms with Crippen LogP contribution in [0.4, 0.5) is 0 Å². The highest BCUT2D eigenvalue weighted by Gasteiger charge is 2.57. The minimum Gasteiger partial charge on any atom is -0.508 e. The van der Waals surface area contributed by atoms with Gasteiger partial charge in [-0.15, -0.1) is 0 Å². The Kier molecular flexibility index (Phi) is 4.27. The first-order valence-electron chi connectivity index (χ1n) is 9.57. The second-order valence-corrected chi connectivity index (χ2v) is 9.69. The topological polar surface area (TPSA) is 40.5 Å². The van der Waals surface area contributed by atoms with Crippen molar-refractivity contribution in [2.75, 3.05) is 0 Å². The summed E-state index contributed by atoms with van der Waals surface area (Å²) in [6.45, 7) is 11.3. The quantitative estimate of drug-likeness (QED) is 0.779. The van der Waals surface area contributed by atoms with Crippen LogP contribution in [0.25, 0.3) is 0 Å². The summed E-state index contributed by atoms with van der Waals surface area (Å²) >= 11 is 0. The lowest BCUT2D eigenvalue weighted by molar-refractivity contribution is -0.166. The average Bonchev–Trinajstić information content (AvgIpc) is 2.45. The van der Waals surface area contributed by atoms with Crippen LogP contribution < -0.4 is 0 Å². The van der Waals surface area contributed by atoms with Crippen LogP contribution in [-0.2, 0) is 6.42 Å². The maximum atomic E-state index is 11.2. The molecule has 1 aromatic rings. The Morgan fingerprint density at radius 3 is 2.50 bits per heavy atom. The van der Waals surface area contributed by atoms with Crippen LogP contribution in [0.3, 0.4) is 0 Å². The molecule has 2 aliphatic carbocycles. The summed E-state index contributed by atoms with van der Waals surface area (Å²) in [6, 6.07) is 5.84. The van der Waals surface area contributed by atoms with E-state index in [0.29, 0.717) is 17.1 Å². The van der Waals surface area contributed by atoms with E-state index in [0.717, 1.165) is 24.8 Å². The number of aromatic hydroxyl groups is 1. The van der Waals surface area contributed by atoms with Gasteiger partial charge in [0.15, 0.2) is 0 Å². The Balaban J connectivity index is 2.00. The Morgan fingerprint density at radius 2 is 1.79 bits per heavy atom. The highest BCUT2D eigenvalue weighted by Crippen LogP contribution is 2.62. The molecule has 0 bridgehead atoms. The number of hydrogen-bond acceptors (Lipinski definition) is 2. The predicted octanol–water partition coefficient (Wildman–Crippen LogP) is 5.24. The second-order valence-electron chi connectivity index (χ2n) is 9.69. The molecular weight excluding hydrogens is 296 g/mol. The maximum Gasteiger partial charge on any atom is 0.118 e. The van der Waals surface area contributed by atoms with E-state index in [1.165, 1.54) is 24.8 Å². The molecule has 2 fully saturated rings. The molecule has 2 N–H and O–H groups in total. The van der Waals surface area contributed by atoms with Crippen molar-refractivity contribution in [3.63, 3.8) is 0 Å². The van der Waals surface area contributed by atoms with Crippen molar-refractivity contribution in [1.82, 2.24) is 0 Å². The van der Waals surface area contributed by atoms with Crippen molar-refractivity contribution < 1.29 is 10.2 Å². The van der Waals surface area contributed by atoms with Crippen LogP contribution in [0, 0.1) is 29.6 Å². The lowest BCUT2D eigenvalue weighted by Crippen LogP contribution is -2.58. The van der Waals surface area contributed by atoms with Gasteiger partial charge in [-0.2, -0.15) is 0 Å². The third-order valence-corrected chi connectivity index (χ3v) is 7.42. The van der Waals surface area contributed by atoms with Gasteiger partial charge >= 0.3 is 0 Å². The molecule has 3 rings (SSSR count). The number of phenolic OH excluding ortho intramolecular Hbond substituents is 1. The number of aryl methyl sites for hydroxylation is 1. The zero-order valence-corrected chi connectivity index (χ0v) is 16.0. The van der Waals surface area contributed by atoms with E-state index in [2.05, 4.69) is 33.8 Å². The van der Waals surface area contributed by atoms with Crippen molar-refractivity contribution in [1.29, 1.82) is 0 Å². The minimum atomic E-state index is -0.658. The van der Waals surface area contributed by atoms with E-state index >= 15 is 0 Å². The number of fused-ring (bicyclic) bond motifs is 1. The van der Waals surface area contributed by atoms with Gasteiger partial charge in [0.2, 0.25) is 0 Å². The largest absolute Gasteiger partial charge is 0.508 e. The van der Waals surface area contributed by atoms with Gasteiger partial charge < -0.3 is 10.2 Å². The Morgan fingerprint density at radius 1 is 1.08 bits per heavy atom.